The third-order valence-corrected chi connectivity index (χ3v) is 7.94. The Morgan fingerprint density at radius 1 is 0.882 bits per heavy atom. The van der Waals surface area contributed by atoms with E-state index in [2.05, 4.69) is 81.9 Å². The number of fused-ring (bicyclic) bond motifs is 3. The summed E-state index contributed by atoms with van der Waals surface area (Å²) in [6.07, 6.45) is 2.18. The summed E-state index contributed by atoms with van der Waals surface area (Å²) in [5, 5.41) is 5.07. The lowest BCUT2D eigenvalue weighted by Gasteiger charge is -2.33. The summed E-state index contributed by atoms with van der Waals surface area (Å²) in [7, 11) is 0. The average molecular weight is 440 g/mol. The highest BCUT2D eigenvalue weighted by Crippen LogP contribution is 2.48. The summed E-state index contributed by atoms with van der Waals surface area (Å²) >= 11 is 0. The Kier molecular flexibility index (Phi) is 2.27. The molecule has 1 unspecified atom stereocenters. The fraction of sp³-hybridized carbons (Fsp3) is 0.0385. The van der Waals surface area contributed by atoms with Crippen molar-refractivity contribution in [3.8, 4) is 45.6 Å². The first-order valence-electron chi connectivity index (χ1n) is 11.5. The second kappa shape index (κ2) is 4.76. The van der Waals surface area contributed by atoms with Crippen molar-refractivity contribution in [2.45, 2.75) is 6.92 Å². The third-order valence-electron chi connectivity index (χ3n) is 7.94. The first-order chi connectivity index (χ1) is 16.8. The second-order valence-corrected chi connectivity index (χ2v) is 9.52. The van der Waals surface area contributed by atoms with E-state index in [0.29, 0.717) is 0 Å². The Morgan fingerprint density at radius 2 is 1.74 bits per heavy atom. The molecule has 34 heavy (non-hydrogen) atoms. The number of aryl methyl sites for hydroxylation is 1. The van der Waals surface area contributed by atoms with Gasteiger partial charge in [0.1, 0.15) is 16.2 Å². The van der Waals surface area contributed by atoms with Crippen LogP contribution in [0.25, 0.3) is 22.5 Å². The van der Waals surface area contributed by atoms with Crippen molar-refractivity contribution in [1.82, 2.24) is 14.7 Å². The van der Waals surface area contributed by atoms with Gasteiger partial charge < -0.3 is 9.47 Å². The zero-order valence-electron chi connectivity index (χ0n) is 18.1. The minimum absolute atomic E-state index is 0.0865. The van der Waals surface area contributed by atoms with Crippen molar-refractivity contribution in [3.63, 3.8) is 0 Å². The van der Waals surface area contributed by atoms with Gasteiger partial charge in [0.05, 0.1) is 21.9 Å². The maximum absolute atomic E-state index is 6.57. The van der Waals surface area contributed by atoms with Crippen LogP contribution in [0.3, 0.4) is 0 Å². The van der Waals surface area contributed by atoms with Gasteiger partial charge in [-0.2, -0.15) is 0 Å². The monoisotopic (exact) mass is 440 g/mol. The molecule has 0 radical (unpaired) electrons. The molecule has 7 nitrogen and oxygen atoms in total. The van der Waals surface area contributed by atoms with Gasteiger partial charge in [0.2, 0.25) is 23.2 Å². The number of hydrogen-bond donors (Lipinski definition) is 0. The predicted molar refractivity (Wildman–Crippen MR) is 124 cm³/mol. The average Bonchev–Trinajstić information content (AvgIpc) is 3.49. The first-order valence-corrected chi connectivity index (χ1v) is 11.5. The molecule has 0 saturated carbocycles. The van der Waals surface area contributed by atoms with Crippen molar-refractivity contribution in [3.05, 3.63) is 78.6 Å². The minimum Gasteiger partial charge on any atom is -0.458 e. The normalized spacial score (nSPS) is 19.3. The summed E-state index contributed by atoms with van der Waals surface area (Å²) in [5.41, 5.74) is 10.3. The highest BCUT2D eigenvalue weighted by molar-refractivity contribution is 7.00. The summed E-state index contributed by atoms with van der Waals surface area (Å²) in [6.45, 7) is 2.14. The maximum atomic E-state index is 6.57. The van der Waals surface area contributed by atoms with Crippen LogP contribution in [0.4, 0.5) is 5.69 Å². The van der Waals surface area contributed by atoms with Crippen LogP contribution in [-0.2, 0) is 0 Å². The SMILES string of the molecule is Cc1cc2n(n1)[N+]13c4c(ccc5c4B4c6c(cccc6-c6ccc[n+]1c64)O5)Oc1cccc-2[n+]13. The molecule has 3 aromatic heterocycles. The predicted octanol–water partition coefficient (Wildman–Crippen LogP) is 1.47. The zero-order chi connectivity index (χ0) is 21.9. The summed E-state index contributed by atoms with van der Waals surface area (Å²) in [5.74, 6) is 3.44. The Balaban J connectivity index is 1.51. The number of rotatable bonds is 0. The van der Waals surface area contributed by atoms with Gasteiger partial charge in [0.15, 0.2) is 0 Å². The molecule has 10 rings (SSSR count). The number of nitrogens with zero attached hydrogens (tertiary/aromatic N) is 5. The Morgan fingerprint density at radius 3 is 2.71 bits per heavy atom. The molecule has 5 aliphatic rings. The van der Waals surface area contributed by atoms with Gasteiger partial charge in [-0.05, 0) is 54.3 Å². The number of aromatic nitrogens is 4. The van der Waals surface area contributed by atoms with Gasteiger partial charge in [-0.25, -0.2) is 0 Å². The smallest absolute Gasteiger partial charge is 0.440 e. The Hall–Kier alpha value is -4.43. The summed E-state index contributed by atoms with van der Waals surface area (Å²) in [6, 6.07) is 23.2. The van der Waals surface area contributed by atoms with Crippen LogP contribution < -0.4 is 40.2 Å². The molecule has 0 aliphatic carbocycles. The lowest BCUT2D eigenvalue weighted by atomic mass is 9.38. The highest BCUT2D eigenvalue weighted by atomic mass is 16.5. The van der Waals surface area contributed by atoms with Crippen LogP contribution in [0.2, 0.25) is 0 Å². The first kappa shape index (κ1) is 16.2. The molecule has 5 aromatic rings. The van der Waals surface area contributed by atoms with E-state index in [4.69, 9.17) is 14.6 Å². The van der Waals surface area contributed by atoms with E-state index in [1.54, 1.807) is 0 Å². The number of quaternary nitrogens is 1. The van der Waals surface area contributed by atoms with Gasteiger partial charge in [-0.15, -0.1) is 5.10 Å². The van der Waals surface area contributed by atoms with Gasteiger partial charge in [0, 0.05) is 22.5 Å². The van der Waals surface area contributed by atoms with Crippen LogP contribution in [0, 0.1) is 6.92 Å². The zero-order valence-corrected chi connectivity index (χ0v) is 18.1. The molecule has 0 N–H and O–H groups in total. The molecule has 1 spiro atoms. The van der Waals surface area contributed by atoms with Crippen LogP contribution in [0.1, 0.15) is 5.69 Å². The molecule has 5 aliphatic heterocycles. The van der Waals surface area contributed by atoms with Crippen LogP contribution in [0.15, 0.2) is 72.9 Å². The van der Waals surface area contributed by atoms with Crippen molar-refractivity contribution in [2.24, 2.45) is 0 Å². The van der Waals surface area contributed by atoms with Gasteiger partial charge in [0.25, 0.3) is 4.81 Å². The number of hydrogen-bond acceptors (Lipinski definition) is 3. The van der Waals surface area contributed by atoms with Gasteiger partial charge >= 0.3 is 24.0 Å². The van der Waals surface area contributed by atoms with Crippen LogP contribution >= 0.6 is 0 Å². The molecule has 0 amide bonds. The Bertz CT molecular complexity index is 1860. The molecular formula is C26H15BN5O2+3. The van der Waals surface area contributed by atoms with Crippen LogP contribution in [-0.4, -0.2) is 16.6 Å². The number of ether oxygens (including phenoxy) is 2. The molecule has 0 saturated heterocycles. The fourth-order valence-electron chi connectivity index (χ4n) is 6.90. The van der Waals surface area contributed by atoms with E-state index < -0.39 is 0 Å². The van der Waals surface area contributed by atoms with Crippen LogP contribution in [0.5, 0.6) is 23.1 Å². The maximum Gasteiger partial charge on any atom is 0.440 e. The lowest BCUT2D eigenvalue weighted by molar-refractivity contribution is -1.05. The van der Waals surface area contributed by atoms with E-state index >= 15 is 0 Å². The minimum atomic E-state index is 0.0865. The molecular weight excluding hydrogens is 425 g/mol. The standard InChI is InChI=1S/C26H15BN5O2/c1-14-13-18-17-7-3-9-22-30(17)32(31(18)28-14)25-21(34-22)11-10-20-24(25)27-23-15(5-2-8-19(23)33-20)16-6-4-12-29(32)26(16)27/h2-13H,1H3/q+3. The molecule has 8 heterocycles. The topological polar surface area (TPSA) is 44.0 Å². The Labute approximate surface area is 193 Å². The van der Waals surface area contributed by atoms with Gasteiger partial charge in [-0.3, -0.25) is 0 Å². The largest absolute Gasteiger partial charge is 0.458 e. The highest BCUT2D eigenvalue weighted by Gasteiger charge is 2.76. The molecule has 1 atom stereocenters. The van der Waals surface area contributed by atoms with Crippen molar-refractivity contribution in [2.75, 3.05) is 0 Å². The molecule has 0 fully saturated rings. The van der Waals surface area contributed by atoms with E-state index in [-0.39, 0.29) is 11.5 Å². The van der Waals surface area contributed by atoms with Crippen molar-refractivity contribution in [1.29, 1.82) is 0 Å². The van der Waals surface area contributed by atoms with E-state index in [0.717, 1.165) is 51.4 Å². The van der Waals surface area contributed by atoms with E-state index in [1.807, 2.05) is 12.1 Å². The molecule has 8 heteroatoms. The molecule has 0 bridgehead atoms. The lowest BCUT2D eigenvalue weighted by Crippen LogP contribution is -2.95. The molecule has 156 valence electrons. The van der Waals surface area contributed by atoms with Crippen molar-refractivity contribution < 1.29 is 18.8 Å². The number of pyridine rings is 2. The summed E-state index contributed by atoms with van der Waals surface area (Å²) < 4.78 is 17.8. The second-order valence-electron chi connectivity index (χ2n) is 9.52. The quantitative estimate of drug-likeness (QED) is 0.204. The fourth-order valence-corrected chi connectivity index (χ4v) is 6.90. The van der Waals surface area contributed by atoms with E-state index in [1.165, 1.54) is 22.2 Å². The van der Waals surface area contributed by atoms with Crippen molar-refractivity contribution >= 4 is 28.9 Å². The third kappa shape index (κ3) is 1.39. The van der Waals surface area contributed by atoms with E-state index in [9.17, 15) is 0 Å². The molecule has 2 aromatic carbocycles. The number of benzene rings is 2. The van der Waals surface area contributed by atoms with Gasteiger partial charge in [-0.1, -0.05) is 12.1 Å². The summed E-state index contributed by atoms with van der Waals surface area (Å²) in [4.78, 5) is 2.37.